The van der Waals surface area contributed by atoms with Crippen LogP contribution >= 0.6 is 0 Å². The van der Waals surface area contributed by atoms with Gasteiger partial charge < -0.3 is 14.8 Å². The van der Waals surface area contributed by atoms with Crippen LogP contribution in [0.1, 0.15) is 141 Å². The third-order valence-electron chi connectivity index (χ3n) is 11.8. The van der Waals surface area contributed by atoms with Gasteiger partial charge in [0.05, 0.1) is 19.8 Å². The average Bonchev–Trinajstić information content (AvgIpc) is 3.80. The van der Waals surface area contributed by atoms with Crippen molar-refractivity contribution in [3.05, 3.63) is 0 Å². The van der Waals surface area contributed by atoms with Gasteiger partial charge in [0.1, 0.15) is 18.2 Å². The average molecular weight is 905 g/mol. The second-order valence-electron chi connectivity index (χ2n) is 19.0. The van der Waals surface area contributed by atoms with Crippen molar-refractivity contribution in [1.82, 2.24) is 20.0 Å². The zero-order valence-electron chi connectivity index (χ0n) is 41.0. The van der Waals surface area contributed by atoms with E-state index in [0.717, 1.165) is 19.3 Å². The van der Waals surface area contributed by atoms with E-state index < -0.39 is 0 Å². The maximum Gasteiger partial charge on any atom is 0.233 e. The van der Waals surface area contributed by atoms with Crippen LogP contribution in [-0.2, 0) is 57.4 Å². The van der Waals surface area contributed by atoms with Crippen LogP contribution in [0.25, 0.3) is 0 Å². The minimum atomic E-state index is -0.271. The molecule has 3 unspecified atom stereocenters. The van der Waals surface area contributed by atoms with Crippen molar-refractivity contribution in [2.45, 2.75) is 141 Å². The number of carbonyl (C=O) groups excluding carboxylic acids is 10. The number of amides is 7. The molecule has 0 bridgehead atoms. The van der Waals surface area contributed by atoms with Crippen LogP contribution in [0.3, 0.4) is 0 Å². The Bertz CT molecular complexity index is 1600. The summed E-state index contributed by atoms with van der Waals surface area (Å²) in [5.41, 5.74) is 0. The Morgan fingerprint density at radius 3 is 1.28 bits per heavy atom. The molecule has 1 N–H and O–H groups in total. The molecule has 3 fully saturated rings. The van der Waals surface area contributed by atoms with Gasteiger partial charge in [-0.1, -0.05) is 89.5 Å². The summed E-state index contributed by atoms with van der Waals surface area (Å²) in [6, 6.07) is 0. The van der Waals surface area contributed by atoms with Crippen molar-refractivity contribution in [2.75, 3.05) is 52.6 Å². The number of hydrogen-bond donors (Lipinski definition) is 1. The van der Waals surface area contributed by atoms with Gasteiger partial charge in [-0.2, -0.15) is 0 Å². The van der Waals surface area contributed by atoms with Crippen molar-refractivity contribution >= 4 is 58.7 Å². The van der Waals surface area contributed by atoms with E-state index >= 15 is 0 Å². The molecule has 3 aliphatic rings. The molecule has 0 spiro atoms. The fourth-order valence-electron chi connectivity index (χ4n) is 7.06. The Balaban J connectivity index is 0.000000495. The van der Waals surface area contributed by atoms with E-state index in [1.165, 1.54) is 14.7 Å². The number of nitrogens with one attached hydrogen (secondary N) is 1. The first-order valence-corrected chi connectivity index (χ1v) is 23.4. The number of hydrogen-bond acceptors (Lipinski definition) is 12. The van der Waals surface area contributed by atoms with Gasteiger partial charge in [0.15, 0.2) is 5.78 Å². The highest BCUT2D eigenvalue weighted by Gasteiger charge is 2.41. The second-order valence-corrected chi connectivity index (χ2v) is 19.0. The Morgan fingerprint density at radius 1 is 0.484 bits per heavy atom. The molecule has 0 aliphatic carbocycles. The van der Waals surface area contributed by atoms with E-state index in [0.29, 0.717) is 52.2 Å². The summed E-state index contributed by atoms with van der Waals surface area (Å²) in [6.07, 6.45) is 4.40. The highest BCUT2D eigenvalue weighted by molar-refractivity contribution is 6.05. The molecule has 64 heavy (non-hydrogen) atoms. The molecule has 3 rings (SSSR count). The zero-order chi connectivity index (χ0) is 48.8. The zero-order valence-corrected chi connectivity index (χ0v) is 41.0. The molecule has 0 aromatic carbocycles. The lowest BCUT2D eigenvalue weighted by atomic mass is 9.94. The molecule has 3 atom stereocenters. The molecule has 0 radical (unpaired) electrons. The summed E-state index contributed by atoms with van der Waals surface area (Å²) in [4.78, 5) is 122. The molecule has 0 aromatic rings. The fourth-order valence-corrected chi connectivity index (χ4v) is 7.06. The smallest absolute Gasteiger partial charge is 0.233 e. The Kier molecular flexibility index (Phi) is 26.5. The molecule has 3 saturated heterocycles. The third kappa shape index (κ3) is 19.9. The predicted octanol–water partition coefficient (Wildman–Crippen LogP) is 5.22. The first kappa shape index (κ1) is 57.8. The van der Waals surface area contributed by atoms with E-state index in [1.807, 2.05) is 83.1 Å². The molecule has 364 valence electrons. The summed E-state index contributed by atoms with van der Waals surface area (Å²) >= 11 is 0. The Hall–Kier alpha value is -4.18. The number of carbonyl (C=O) groups is 10. The molecular weight excluding hydrogens is 825 g/mol. The van der Waals surface area contributed by atoms with Crippen molar-refractivity contribution in [3.8, 4) is 0 Å². The van der Waals surface area contributed by atoms with Crippen molar-refractivity contribution < 1.29 is 57.4 Å². The third-order valence-corrected chi connectivity index (χ3v) is 11.8. The standard InChI is InChI=1S/C19H32N2O6.C16H27NO3.C13H21NO3/c1-13(2)15-11-18(24)21(19(15)25)7-5-17(23)20-6-8-26-9-10-27-12-16(22)14(3)4;1-11(2)13-10-15(19)17(16(13)20)9-7-5-6-8-14(18)12(3)4;1-8(2)10-7-12(16)14(13(10)17)6-5-11(15)9(3)4/h13-15H,5-12H2,1-4H3,(H,20,23);11-13H,5-10H2,1-4H3;8-10H,5-7H2,1-4H3. The number of likely N-dealkylation sites (tertiary alicyclic amines) is 3. The van der Waals surface area contributed by atoms with Gasteiger partial charge in [-0.15, -0.1) is 0 Å². The highest BCUT2D eigenvalue weighted by atomic mass is 16.5. The van der Waals surface area contributed by atoms with Gasteiger partial charge in [-0.25, -0.2) is 0 Å². The van der Waals surface area contributed by atoms with Crippen molar-refractivity contribution in [1.29, 1.82) is 0 Å². The van der Waals surface area contributed by atoms with Crippen molar-refractivity contribution in [3.63, 3.8) is 0 Å². The van der Waals surface area contributed by atoms with Gasteiger partial charge in [-0.3, -0.25) is 62.6 Å². The quantitative estimate of drug-likeness (QED) is 0.0875. The maximum absolute atomic E-state index is 12.2. The largest absolute Gasteiger partial charge is 0.377 e. The van der Waals surface area contributed by atoms with E-state index in [9.17, 15) is 47.9 Å². The van der Waals surface area contributed by atoms with E-state index in [4.69, 9.17) is 9.47 Å². The number of rotatable bonds is 26. The van der Waals surface area contributed by atoms with Gasteiger partial charge in [0, 0.05) is 100 Å². The summed E-state index contributed by atoms with van der Waals surface area (Å²) in [7, 11) is 0. The molecule has 16 heteroatoms. The number of Topliss-reactive ketones (excluding diaryl/α,β-unsaturated/α-hetero) is 3. The van der Waals surface area contributed by atoms with Gasteiger partial charge in [0.2, 0.25) is 41.4 Å². The van der Waals surface area contributed by atoms with Crippen LogP contribution in [0.15, 0.2) is 0 Å². The Labute approximate surface area is 382 Å². The summed E-state index contributed by atoms with van der Waals surface area (Å²) in [5.74, 6) is -0.527. The maximum atomic E-state index is 12.2. The number of imide groups is 3. The summed E-state index contributed by atoms with van der Waals surface area (Å²) in [6.45, 7) is 25.1. The van der Waals surface area contributed by atoms with Gasteiger partial charge in [-0.05, 0) is 30.6 Å². The van der Waals surface area contributed by atoms with Crippen LogP contribution in [0.4, 0.5) is 0 Å². The van der Waals surface area contributed by atoms with E-state index in [-0.39, 0.29) is 151 Å². The minimum Gasteiger partial charge on any atom is -0.377 e. The SMILES string of the molecule is CC(C)C(=O)CCCCCN1C(=O)CC(C(C)C)C1=O.CC(C)C(=O)CCN1C(=O)CC(C(C)C)C1=O.CC(C)C(=O)COCCOCCNC(=O)CCN1C(=O)CC(C(C)C)C1=O. The topological polar surface area (TPSA) is 211 Å². The highest BCUT2D eigenvalue weighted by Crippen LogP contribution is 2.28. The van der Waals surface area contributed by atoms with Gasteiger partial charge in [0.25, 0.3) is 0 Å². The van der Waals surface area contributed by atoms with Crippen LogP contribution in [-0.4, -0.2) is 126 Å². The second kappa shape index (κ2) is 29.4. The monoisotopic (exact) mass is 905 g/mol. The molecule has 0 aromatic heterocycles. The lowest BCUT2D eigenvalue weighted by molar-refractivity contribution is -0.142. The Morgan fingerprint density at radius 2 is 0.875 bits per heavy atom. The molecule has 3 heterocycles. The fraction of sp³-hybridized carbons (Fsp3) is 0.792. The molecule has 16 nitrogen and oxygen atoms in total. The van der Waals surface area contributed by atoms with Crippen LogP contribution in [0.2, 0.25) is 0 Å². The van der Waals surface area contributed by atoms with Crippen molar-refractivity contribution in [2.24, 2.45) is 53.3 Å². The van der Waals surface area contributed by atoms with E-state index in [2.05, 4.69) is 5.32 Å². The molecule has 3 aliphatic heterocycles. The normalized spacial score (nSPS) is 18.9. The summed E-state index contributed by atoms with van der Waals surface area (Å²) < 4.78 is 10.5. The summed E-state index contributed by atoms with van der Waals surface area (Å²) in [5, 5.41) is 2.69. The van der Waals surface area contributed by atoms with E-state index in [1.54, 1.807) is 0 Å². The number of unbranched alkanes of at least 4 members (excludes halogenated alkanes) is 2. The number of nitrogens with zero attached hydrogens (tertiary/aromatic N) is 3. The molecule has 0 saturated carbocycles. The van der Waals surface area contributed by atoms with Crippen LogP contribution < -0.4 is 5.32 Å². The predicted molar refractivity (Wildman–Crippen MR) is 241 cm³/mol. The van der Waals surface area contributed by atoms with Gasteiger partial charge >= 0.3 is 0 Å². The number of ketones is 3. The number of ether oxygens (including phenoxy) is 2. The first-order valence-electron chi connectivity index (χ1n) is 23.4. The minimum absolute atomic E-state index is 0.0109. The van der Waals surface area contributed by atoms with Crippen LogP contribution in [0.5, 0.6) is 0 Å². The lowest BCUT2D eigenvalue weighted by Gasteiger charge is -2.16. The molecular formula is C48H80N4O12. The first-order chi connectivity index (χ1) is 29.9. The lowest BCUT2D eigenvalue weighted by Crippen LogP contribution is -2.36. The molecule has 7 amide bonds. The van der Waals surface area contributed by atoms with Crippen LogP contribution in [0, 0.1) is 53.3 Å².